The number of carbonyl (C=O) groups excluding carboxylic acids is 2. The van der Waals surface area contributed by atoms with Crippen LogP contribution < -0.4 is 0 Å². The molecule has 5 aliphatic carbocycles. The quantitative estimate of drug-likeness (QED) is 0.459. The first kappa shape index (κ1) is 22.4. The van der Waals surface area contributed by atoms with Crippen molar-refractivity contribution in [3.05, 3.63) is 24.3 Å². The molecule has 0 aromatic rings. The minimum atomic E-state index is -5.90. The fourth-order valence-electron chi connectivity index (χ4n) is 6.48. The van der Waals surface area contributed by atoms with Crippen LogP contribution in [0.5, 0.6) is 0 Å². The highest BCUT2D eigenvalue weighted by molar-refractivity contribution is 7.87. The number of hydrogen-bond donors (Lipinski definition) is 1. The molecule has 7 nitrogen and oxygen atoms in total. The fourth-order valence-corrected chi connectivity index (χ4v) is 6.75. The zero-order chi connectivity index (χ0) is 22.5. The molecule has 5 rings (SSSR count). The molecule has 4 fully saturated rings. The first-order valence-electron chi connectivity index (χ1n) is 10.5. The molecule has 172 valence electrons. The van der Waals surface area contributed by atoms with E-state index in [0.717, 1.165) is 19.3 Å². The van der Waals surface area contributed by atoms with Gasteiger partial charge in [-0.05, 0) is 56.8 Å². The SMILES string of the molecule is O=C(OCC12CC3CC(C1)CC(COC(=O)C(F)(F)S(=O)(=O)O)(C3)C2)C1C=CC=CC1. The Morgan fingerprint density at radius 1 is 1.03 bits per heavy atom. The molecule has 1 N–H and O–H groups in total. The van der Waals surface area contributed by atoms with Crippen molar-refractivity contribution in [2.75, 3.05) is 13.2 Å². The summed E-state index contributed by atoms with van der Waals surface area (Å²) in [4.78, 5) is 24.1. The first-order chi connectivity index (χ1) is 14.4. The van der Waals surface area contributed by atoms with Crippen molar-refractivity contribution in [2.24, 2.45) is 28.6 Å². The van der Waals surface area contributed by atoms with Crippen molar-refractivity contribution in [2.45, 2.75) is 50.2 Å². The Bertz CT molecular complexity index is 910. The van der Waals surface area contributed by atoms with Crippen molar-refractivity contribution in [3.8, 4) is 0 Å². The molecule has 0 aromatic heterocycles. The van der Waals surface area contributed by atoms with Crippen molar-refractivity contribution in [1.29, 1.82) is 0 Å². The molecule has 0 spiro atoms. The number of halogens is 2. The Hall–Kier alpha value is -1.81. The summed E-state index contributed by atoms with van der Waals surface area (Å²) >= 11 is 0. The Balaban J connectivity index is 1.42. The third-order valence-corrected chi connectivity index (χ3v) is 7.99. The van der Waals surface area contributed by atoms with Crippen LogP contribution >= 0.6 is 0 Å². The predicted molar refractivity (Wildman–Crippen MR) is 104 cm³/mol. The third-order valence-electron chi connectivity index (χ3n) is 7.18. The summed E-state index contributed by atoms with van der Waals surface area (Å²) in [5.74, 6) is -2.22. The number of hydrogen-bond acceptors (Lipinski definition) is 6. The van der Waals surface area contributed by atoms with E-state index in [2.05, 4.69) is 0 Å². The average molecular weight is 460 g/mol. The van der Waals surface area contributed by atoms with Crippen LogP contribution in [-0.4, -0.2) is 43.4 Å². The predicted octanol–water partition coefficient (Wildman–Crippen LogP) is 3.27. The van der Waals surface area contributed by atoms with E-state index in [4.69, 9.17) is 14.0 Å². The molecule has 5 aliphatic rings. The smallest absolute Gasteiger partial charge is 0.465 e. The first-order valence-corrected chi connectivity index (χ1v) is 11.9. The van der Waals surface area contributed by atoms with E-state index < -0.39 is 26.8 Å². The van der Waals surface area contributed by atoms with Gasteiger partial charge in [-0.1, -0.05) is 24.3 Å². The maximum Gasteiger partial charge on any atom is 0.465 e. The molecule has 10 heteroatoms. The number of esters is 2. The number of rotatable bonds is 7. The van der Waals surface area contributed by atoms with Crippen molar-refractivity contribution in [1.82, 2.24) is 0 Å². The summed E-state index contributed by atoms with van der Waals surface area (Å²) in [6.45, 7) is -0.0977. The molecule has 0 radical (unpaired) electrons. The molecule has 4 saturated carbocycles. The topological polar surface area (TPSA) is 107 Å². The lowest BCUT2D eigenvalue weighted by atomic mass is 9.44. The van der Waals surface area contributed by atoms with E-state index >= 15 is 0 Å². The van der Waals surface area contributed by atoms with Gasteiger partial charge in [0.15, 0.2) is 0 Å². The van der Waals surface area contributed by atoms with Gasteiger partial charge in [-0.3, -0.25) is 9.35 Å². The zero-order valence-corrected chi connectivity index (χ0v) is 17.8. The average Bonchev–Trinajstić information content (AvgIpc) is 2.69. The van der Waals surface area contributed by atoms with Gasteiger partial charge in [-0.25, -0.2) is 4.79 Å². The van der Waals surface area contributed by atoms with Gasteiger partial charge in [0.05, 0.1) is 19.1 Å². The van der Waals surface area contributed by atoms with E-state index in [-0.39, 0.29) is 30.5 Å². The molecule has 0 heterocycles. The molecular formula is C21H26F2O7S. The van der Waals surface area contributed by atoms with E-state index in [1.165, 1.54) is 0 Å². The van der Waals surface area contributed by atoms with Gasteiger partial charge in [-0.2, -0.15) is 17.2 Å². The highest BCUT2D eigenvalue weighted by Crippen LogP contribution is 2.65. The van der Waals surface area contributed by atoms with Crippen molar-refractivity contribution in [3.63, 3.8) is 0 Å². The molecule has 0 aromatic carbocycles. The van der Waals surface area contributed by atoms with Crippen LogP contribution in [0, 0.1) is 28.6 Å². The van der Waals surface area contributed by atoms with Gasteiger partial charge >= 0.3 is 27.3 Å². The van der Waals surface area contributed by atoms with E-state index in [9.17, 15) is 26.8 Å². The summed E-state index contributed by atoms with van der Waals surface area (Å²) in [6, 6.07) is 0. The van der Waals surface area contributed by atoms with Crippen LogP contribution in [0.15, 0.2) is 24.3 Å². The Kier molecular flexibility index (Phi) is 5.53. The summed E-state index contributed by atoms with van der Waals surface area (Å²) < 4.78 is 67.7. The lowest BCUT2D eigenvalue weighted by molar-refractivity contribution is -0.186. The van der Waals surface area contributed by atoms with Crippen LogP contribution in [0.25, 0.3) is 0 Å². The molecule has 3 atom stereocenters. The molecule has 4 bridgehead atoms. The number of carbonyl (C=O) groups is 2. The maximum atomic E-state index is 13.6. The second-order valence-corrected chi connectivity index (χ2v) is 11.3. The highest BCUT2D eigenvalue weighted by atomic mass is 32.2. The highest BCUT2D eigenvalue weighted by Gasteiger charge is 2.60. The van der Waals surface area contributed by atoms with Crippen LogP contribution in [0.3, 0.4) is 0 Å². The van der Waals surface area contributed by atoms with Gasteiger partial charge in [0, 0.05) is 10.8 Å². The minimum absolute atomic E-state index is 0.240. The molecule has 0 aliphatic heterocycles. The zero-order valence-electron chi connectivity index (χ0n) is 17.0. The molecular weight excluding hydrogens is 434 g/mol. The van der Waals surface area contributed by atoms with Crippen LogP contribution in [0.2, 0.25) is 0 Å². The normalized spacial score (nSPS) is 36.4. The maximum absolute atomic E-state index is 13.6. The molecule has 3 unspecified atom stereocenters. The monoisotopic (exact) mass is 460 g/mol. The lowest BCUT2D eigenvalue weighted by Gasteiger charge is -2.61. The van der Waals surface area contributed by atoms with E-state index in [1.807, 2.05) is 18.2 Å². The van der Waals surface area contributed by atoms with Gasteiger partial charge in [0.25, 0.3) is 0 Å². The van der Waals surface area contributed by atoms with E-state index in [0.29, 0.717) is 37.5 Å². The number of ether oxygens (including phenoxy) is 2. The van der Waals surface area contributed by atoms with Crippen LogP contribution in [0.1, 0.15) is 44.9 Å². The molecule has 31 heavy (non-hydrogen) atoms. The van der Waals surface area contributed by atoms with Gasteiger partial charge in [-0.15, -0.1) is 0 Å². The van der Waals surface area contributed by atoms with E-state index in [1.54, 1.807) is 6.08 Å². The molecule has 0 saturated heterocycles. The minimum Gasteiger partial charge on any atom is -0.465 e. The summed E-state index contributed by atoms with van der Waals surface area (Å²) in [6.07, 6.45) is 12.7. The summed E-state index contributed by atoms with van der Waals surface area (Å²) in [5.41, 5.74) is -0.832. The summed E-state index contributed by atoms with van der Waals surface area (Å²) in [7, 11) is -5.90. The molecule has 0 amide bonds. The Labute approximate surface area is 179 Å². The standard InChI is InChI=1S/C21H26F2O7S/c22-21(23,31(26,27)28)18(25)30-13-20-9-14-6-15(10-20)8-19(7-14,11-20)12-29-17(24)16-4-2-1-3-5-16/h1-4,14-16H,5-13H2,(H,26,27,28). The fraction of sp³-hybridized carbons (Fsp3) is 0.714. The second kappa shape index (κ2) is 7.65. The Morgan fingerprint density at radius 3 is 2.13 bits per heavy atom. The van der Waals surface area contributed by atoms with Gasteiger partial charge in [0.1, 0.15) is 0 Å². The van der Waals surface area contributed by atoms with Gasteiger partial charge < -0.3 is 9.47 Å². The van der Waals surface area contributed by atoms with Gasteiger partial charge in [0.2, 0.25) is 0 Å². The van der Waals surface area contributed by atoms with Crippen molar-refractivity contribution < 1.29 is 40.8 Å². The second-order valence-electron chi connectivity index (χ2n) is 9.79. The number of alkyl halides is 2. The Morgan fingerprint density at radius 2 is 1.61 bits per heavy atom. The third kappa shape index (κ3) is 4.28. The van der Waals surface area contributed by atoms with Crippen molar-refractivity contribution >= 4 is 22.1 Å². The van der Waals surface area contributed by atoms with Crippen LogP contribution in [0.4, 0.5) is 8.78 Å². The number of allylic oxidation sites excluding steroid dienone is 3. The largest absolute Gasteiger partial charge is 0.465 e. The lowest BCUT2D eigenvalue weighted by Crippen LogP contribution is -2.55. The summed E-state index contributed by atoms with van der Waals surface area (Å²) in [5, 5.41) is -5.00. The van der Waals surface area contributed by atoms with Crippen LogP contribution in [-0.2, 0) is 29.2 Å².